The van der Waals surface area contributed by atoms with E-state index in [0.29, 0.717) is 11.1 Å². The normalized spacial score (nSPS) is 19.1. The van der Waals surface area contributed by atoms with E-state index in [2.05, 4.69) is 6.92 Å². The van der Waals surface area contributed by atoms with E-state index in [-0.39, 0.29) is 23.4 Å². The van der Waals surface area contributed by atoms with Crippen molar-refractivity contribution < 1.29 is 9.53 Å². The predicted molar refractivity (Wildman–Crippen MR) is 130 cm³/mol. The molecule has 2 heterocycles. The van der Waals surface area contributed by atoms with E-state index in [1.807, 2.05) is 30.3 Å². The molecule has 0 radical (unpaired) electrons. The molecule has 2 aromatic heterocycles. The molecule has 1 saturated carbocycles. The van der Waals surface area contributed by atoms with Crippen LogP contribution in [0.2, 0.25) is 0 Å². The maximum absolute atomic E-state index is 13.7. The number of hydrogen-bond donors (Lipinski definition) is 0. The molecule has 1 atom stereocenters. The molecule has 168 valence electrons. The quantitative estimate of drug-likeness (QED) is 0.279. The predicted octanol–water partition coefficient (Wildman–Crippen LogP) is 5.54. The summed E-state index contributed by atoms with van der Waals surface area (Å²) in [6, 6.07) is 9.61. The summed E-state index contributed by atoms with van der Waals surface area (Å²) in [7, 11) is 0. The first-order chi connectivity index (χ1) is 15.6. The zero-order chi connectivity index (χ0) is 22.1. The van der Waals surface area contributed by atoms with Gasteiger partial charge in [0.15, 0.2) is 5.16 Å². The van der Waals surface area contributed by atoms with Crippen molar-refractivity contribution in [1.29, 1.82) is 0 Å². The first-order valence-electron chi connectivity index (χ1n) is 11.5. The Hall–Kier alpha value is -2.12. The summed E-state index contributed by atoms with van der Waals surface area (Å²) < 4.78 is 7.35. The van der Waals surface area contributed by atoms with Crippen LogP contribution in [-0.2, 0) is 22.4 Å². The van der Waals surface area contributed by atoms with Gasteiger partial charge >= 0.3 is 5.97 Å². The lowest BCUT2D eigenvalue weighted by atomic mass is 9.89. The number of aryl methyl sites for hydroxylation is 1. The Morgan fingerprint density at radius 3 is 2.75 bits per heavy atom. The summed E-state index contributed by atoms with van der Waals surface area (Å²) in [6.45, 7) is 2.27. The molecule has 1 fully saturated rings. The van der Waals surface area contributed by atoms with Gasteiger partial charge in [0, 0.05) is 4.88 Å². The zero-order valence-corrected chi connectivity index (χ0v) is 20.0. The molecule has 1 aromatic carbocycles. The number of aromatic nitrogens is 2. The summed E-state index contributed by atoms with van der Waals surface area (Å²) in [5.74, 6) is 0.564. The monoisotopic (exact) mass is 468 g/mol. The molecule has 0 N–H and O–H groups in total. The van der Waals surface area contributed by atoms with E-state index in [0.717, 1.165) is 60.8 Å². The highest BCUT2D eigenvalue weighted by Gasteiger charge is 2.26. The molecule has 0 aliphatic heterocycles. The molecule has 5 nitrogen and oxygen atoms in total. The molecular formula is C25H28N2O3S2. The number of carbonyl (C=O) groups is 1. The number of carbonyl (C=O) groups excluding carboxylic acids is 1. The average molecular weight is 469 g/mol. The van der Waals surface area contributed by atoms with E-state index in [9.17, 15) is 9.59 Å². The van der Waals surface area contributed by atoms with E-state index in [4.69, 9.17) is 9.72 Å². The van der Waals surface area contributed by atoms with Crippen molar-refractivity contribution in [2.75, 3.05) is 5.75 Å². The molecule has 7 heteroatoms. The Kier molecular flexibility index (Phi) is 6.37. The van der Waals surface area contributed by atoms with E-state index in [1.54, 1.807) is 15.9 Å². The second-order valence-corrected chi connectivity index (χ2v) is 11.0. The fourth-order valence-electron chi connectivity index (χ4n) is 4.80. The number of thioether (sulfide) groups is 1. The van der Waals surface area contributed by atoms with Gasteiger partial charge in [-0.3, -0.25) is 14.2 Å². The topological polar surface area (TPSA) is 61.2 Å². The lowest BCUT2D eigenvalue weighted by Crippen LogP contribution is -2.24. The fourth-order valence-corrected chi connectivity index (χ4v) is 7.02. The first-order valence-corrected chi connectivity index (χ1v) is 13.4. The van der Waals surface area contributed by atoms with Crippen LogP contribution in [0.4, 0.5) is 0 Å². The zero-order valence-electron chi connectivity index (χ0n) is 18.3. The Balaban J connectivity index is 1.49. The second-order valence-electron chi connectivity index (χ2n) is 8.94. The van der Waals surface area contributed by atoms with Gasteiger partial charge in [-0.2, -0.15) is 0 Å². The number of thiophene rings is 1. The van der Waals surface area contributed by atoms with Crippen molar-refractivity contribution in [2.24, 2.45) is 5.92 Å². The third kappa shape index (κ3) is 4.37. The van der Waals surface area contributed by atoms with E-state index >= 15 is 0 Å². The van der Waals surface area contributed by atoms with Crippen LogP contribution in [-0.4, -0.2) is 27.4 Å². The number of para-hydroxylation sites is 1. The smallest absolute Gasteiger partial charge is 0.316 e. The minimum atomic E-state index is -0.227. The molecule has 2 aliphatic carbocycles. The highest BCUT2D eigenvalue weighted by atomic mass is 32.2. The summed E-state index contributed by atoms with van der Waals surface area (Å²) in [6.07, 6.45) is 8.46. The van der Waals surface area contributed by atoms with Crippen molar-refractivity contribution >= 4 is 39.3 Å². The van der Waals surface area contributed by atoms with Crippen molar-refractivity contribution in [3.63, 3.8) is 0 Å². The molecule has 2 aliphatic rings. The maximum atomic E-state index is 13.7. The standard InChI is InChI=1S/C25H28N2O3S2/c1-16-12-13-19-20(14-16)32-23-22(19)24(29)27(17-8-4-2-5-9-17)25(26-23)31-15-21(28)30-18-10-6-3-7-11-18/h2,4-5,8-9,16,18H,3,6-7,10-15H2,1H3. The van der Waals surface area contributed by atoms with Gasteiger partial charge in [-0.05, 0) is 68.6 Å². The Labute approximate surface area is 196 Å². The van der Waals surface area contributed by atoms with E-state index < -0.39 is 0 Å². The molecule has 5 rings (SSSR count). The third-order valence-corrected chi connectivity index (χ3v) is 8.54. The summed E-state index contributed by atoms with van der Waals surface area (Å²) in [5, 5.41) is 1.32. The van der Waals surface area contributed by atoms with Gasteiger partial charge in [0.2, 0.25) is 0 Å². The Morgan fingerprint density at radius 2 is 1.97 bits per heavy atom. The molecule has 32 heavy (non-hydrogen) atoms. The van der Waals surface area contributed by atoms with Gasteiger partial charge in [0.1, 0.15) is 10.9 Å². The van der Waals surface area contributed by atoms with Crippen molar-refractivity contribution in [1.82, 2.24) is 9.55 Å². The summed E-state index contributed by atoms with van der Waals surface area (Å²) in [5.41, 5.74) is 1.93. The number of rotatable bonds is 5. The number of hydrogen-bond acceptors (Lipinski definition) is 6. The van der Waals surface area contributed by atoms with Crippen LogP contribution in [0.15, 0.2) is 40.3 Å². The minimum Gasteiger partial charge on any atom is -0.462 e. The van der Waals surface area contributed by atoms with Crippen LogP contribution < -0.4 is 5.56 Å². The van der Waals surface area contributed by atoms with Gasteiger partial charge < -0.3 is 4.74 Å². The highest BCUT2D eigenvalue weighted by molar-refractivity contribution is 7.99. The lowest BCUT2D eigenvalue weighted by Gasteiger charge is -2.21. The van der Waals surface area contributed by atoms with Gasteiger partial charge in [-0.15, -0.1) is 11.3 Å². The molecule has 1 unspecified atom stereocenters. The average Bonchev–Trinajstić information content (AvgIpc) is 3.16. The molecular weight excluding hydrogens is 440 g/mol. The number of fused-ring (bicyclic) bond motifs is 3. The summed E-state index contributed by atoms with van der Waals surface area (Å²) in [4.78, 5) is 33.2. The van der Waals surface area contributed by atoms with Gasteiger partial charge in [-0.25, -0.2) is 4.98 Å². The maximum Gasteiger partial charge on any atom is 0.316 e. The largest absolute Gasteiger partial charge is 0.462 e. The van der Waals surface area contributed by atoms with Crippen molar-refractivity contribution in [2.45, 2.75) is 69.6 Å². The van der Waals surface area contributed by atoms with Crippen molar-refractivity contribution in [3.05, 3.63) is 51.1 Å². The van der Waals surface area contributed by atoms with Gasteiger partial charge in [0.05, 0.1) is 16.8 Å². The fraction of sp³-hybridized carbons (Fsp3) is 0.480. The molecule has 0 spiro atoms. The van der Waals surface area contributed by atoms with Crippen LogP contribution in [0.5, 0.6) is 0 Å². The molecule has 0 bridgehead atoms. The van der Waals surface area contributed by atoms with Crippen LogP contribution >= 0.6 is 23.1 Å². The Bertz CT molecular complexity index is 1180. The highest BCUT2D eigenvalue weighted by Crippen LogP contribution is 2.37. The van der Waals surface area contributed by atoms with Crippen LogP contribution in [0.1, 0.15) is 55.9 Å². The van der Waals surface area contributed by atoms with Crippen molar-refractivity contribution in [3.8, 4) is 5.69 Å². The SMILES string of the molecule is CC1CCc2c(sc3nc(SCC(=O)OC4CCCCC4)n(-c4ccccc4)c(=O)c23)C1. The number of esters is 1. The van der Waals surface area contributed by atoms with Crippen LogP contribution in [0.3, 0.4) is 0 Å². The minimum absolute atomic E-state index is 0.0311. The van der Waals surface area contributed by atoms with Gasteiger partial charge in [0.25, 0.3) is 5.56 Å². The number of benzene rings is 1. The van der Waals surface area contributed by atoms with E-state index in [1.165, 1.54) is 28.6 Å². The third-order valence-electron chi connectivity index (χ3n) is 6.48. The summed E-state index contributed by atoms with van der Waals surface area (Å²) >= 11 is 2.94. The lowest BCUT2D eigenvalue weighted by molar-refractivity contribution is -0.147. The molecule has 0 saturated heterocycles. The molecule has 0 amide bonds. The second kappa shape index (κ2) is 9.40. The van der Waals surface area contributed by atoms with Crippen LogP contribution in [0.25, 0.3) is 15.9 Å². The van der Waals surface area contributed by atoms with Crippen LogP contribution in [0, 0.1) is 5.92 Å². The number of ether oxygens (including phenoxy) is 1. The van der Waals surface area contributed by atoms with Gasteiger partial charge in [-0.1, -0.05) is 43.3 Å². The first kappa shape index (κ1) is 21.7. The molecule has 3 aromatic rings. The Morgan fingerprint density at radius 1 is 1.19 bits per heavy atom. The number of nitrogens with zero attached hydrogens (tertiary/aromatic N) is 2.